The Kier molecular flexibility index (Phi) is 3.57. The maximum atomic E-state index is 12.0. The number of ether oxygens (including phenoxy) is 1. The Morgan fingerprint density at radius 2 is 1.95 bits per heavy atom. The average molecular weight is 326 g/mol. The number of rotatable bonds is 3. The van der Waals surface area contributed by atoms with Crippen molar-refractivity contribution in [2.24, 2.45) is 0 Å². The molecule has 5 nitrogen and oxygen atoms in total. The van der Waals surface area contributed by atoms with Gasteiger partial charge in [0, 0.05) is 6.54 Å². The quantitative estimate of drug-likeness (QED) is 0.780. The second-order valence-corrected chi connectivity index (χ2v) is 7.84. The minimum atomic E-state index is -3.02. The zero-order valence-corrected chi connectivity index (χ0v) is 13.7. The Hall–Kier alpha value is -1.34. The van der Waals surface area contributed by atoms with Crippen molar-refractivity contribution in [1.82, 2.24) is 4.90 Å². The number of para-hydroxylation sites is 2. The molecule has 0 bridgehead atoms. The molecular formula is C14H18N2O3S2. The van der Waals surface area contributed by atoms with Gasteiger partial charge in [0.2, 0.25) is 0 Å². The highest BCUT2D eigenvalue weighted by Crippen LogP contribution is 2.38. The van der Waals surface area contributed by atoms with Gasteiger partial charge in [0.15, 0.2) is 14.9 Å². The van der Waals surface area contributed by atoms with Crippen molar-refractivity contribution in [2.45, 2.75) is 19.0 Å². The summed E-state index contributed by atoms with van der Waals surface area (Å²) in [5, 5.41) is 0.687. The van der Waals surface area contributed by atoms with Gasteiger partial charge in [0.1, 0.15) is 5.75 Å². The van der Waals surface area contributed by atoms with Gasteiger partial charge in [-0.3, -0.25) is 0 Å². The number of thiocarbonyl (C=S) groups is 1. The predicted molar refractivity (Wildman–Crippen MR) is 86.7 cm³/mol. The van der Waals surface area contributed by atoms with Crippen LogP contribution in [-0.4, -0.2) is 55.7 Å². The lowest BCUT2D eigenvalue weighted by Crippen LogP contribution is -2.37. The highest BCUT2D eigenvalue weighted by atomic mass is 32.2. The fourth-order valence-electron chi connectivity index (χ4n) is 3.26. The van der Waals surface area contributed by atoms with Gasteiger partial charge in [-0.15, -0.1) is 0 Å². The van der Waals surface area contributed by atoms with Gasteiger partial charge >= 0.3 is 0 Å². The topological polar surface area (TPSA) is 49.9 Å². The molecule has 2 fully saturated rings. The molecule has 2 atom stereocenters. The van der Waals surface area contributed by atoms with Crippen LogP contribution in [0.3, 0.4) is 0 Å². The van der Waals surface area contributed by atoms with Crippen LogP contribution in [0.2, 0.25) is 0 Å². The Bertz CT molecular complexity index is 675. The van der Waals surface area contributed by atoms with Crippen molar-refractivity contribution in [3.05, 3.63) is 24.3 Å². The highest BCUT2D eigenvalue weighted by molar-refractivity contribution is 7.91. The normalized spacial score (nSPS) is 27.0. The Morgan fingerprint density at radius 1 is 1.29 bits per heavy atom. The smallest absolute Gasteiger partial charge is 0.176 e. The van der Waals surface area contributed by atoms with Gasteiger partial charge in [0.25, 0.3) is 0 Å². The van der Waals surface area contributed by atoms with Crippen LogP contribution in [0.1, 0.15) is 6.92 Å². The first-order valence-corrected chi connectivity index (χ1v) is 9.14. The lowest BCUT2D eigenvalue weighted by molar-refractivity contribution is 0.373. The molecule has 0 N–H and O–H groups in total. The number of nitrogens with zero attached hydrogens (tertiary/aromatic N) is 2. The fourth-order valence-corrected chi connectivity index (χ4v) is 5.71. The molecule has 0 amide bonds. The van der Waals surface area contributed by atoms with E-state index in [1.54, 1.807) is 7.11 Å². The van der Waals surface area contributed by atoms with Crippen LogP contribution < -0.4 is 9.64 Å². The summed E-state index contributed by atoms with van der Waals surface area (Å²) in [4.78, 5) is 3.96. The molecule has 21 heavy (non-hydrogen) atoms. The zero-order chi connectivity index (χ0) is 15.2. The van der Waals surface area contributed by atoms with Crippen LogP contribution in [0.15, 0.2) is 24.3 Å². The van der Waals surface area contributed by atoms with E-state index in [-0.39, 0.29) is 23.6 Å². The Labute approximate surface area is 130 Å². The average Bonchev–Trinajstić information content (AvgIpc) is 2.87. The highest BCUT2D eigenvalue weighted by Gasteiger charge is 2.51. The molecular weight excluding hydrogens is 308 g/mol. The summed E-state index contributed by atoms with van der Waals surface area (Å²) in [6, 6.07) is 7.41. The number of fused-ring (bicyclic) bond motifs is 1. The first kappa shape index (κ1) is 14.6. The maximum Gasteiger partial charge on any atom is 0.176 e. The monoisotopic (exact) mass is 326 g/mol. The van der Waals surface area contributed by atoms with Crippen molar-refractivity contribution in [1.29, 1.82) is 0 Å². The van der Waals surface area contributed by atoms with E-state index in [1.807, 2.05) is 41.0 Å². The molecule has 0 unspecified atom stereocenters. The van der Waals surface area contributed by atoms with Crippen molar-refractivity contribution in [3.8, 4) is 5.75 Å². The minimum absolute atomic E-state index is 0.0580. The van der Waals surface area contributed by atoms with Gasteiger partial charge in [-0.2, -0.15) is 0 Å². The second kappa shape index (κ2) is 5.14. The number of anilines is 1. The molecule has 0 aromatic heterocycles. The molecule has 1 aromatic rings. The third-order valence-electron chi connectivity index (χ3n) is 4.16. The Balaban J connectivity index is 2.07. The van der Waals surface area contributed by atoms with E-state index in [4.69, 9.17) is 17.0 Å². The van der Waals surface area contributed by atoms with Crippen molar-refractivity contribution < 1.29 is 13.2 Å². The molecule has 0 radical (unpaired) electrons. The third kappa shape index (κ3) is 2.28. The van der Waals surface area contributed by atoms with Gasteiger partial charge in [0.05, 0.1) is 36.4 Å². The molecule has 0 spiro atoms. The zero-order valence-electron chi connectivity index (χ0n) is 12.0. The molecule has 1 aromatic carbocycles. The van der Waals surface area contributed by atoms with Crippen LogP contribution in [0.5, 0.6) is 5.75 Å². The largest absolute Gasteiger partial charge is 0.495 e. The minimum Gasteiger partial charge on any atom is -0.495 e. The Morgan fingerprint density at radius 3 is 2.62 bits per heavy atom. The van der Waals surface area contributed by atoms with E-state index in [0.717, 1.165) is 5.69 Å². The second-order valence-electron chi connectivity index (χ2n) is 5.32. The van der Waals surface area contributed by atoms with Gasteiger partial charge in [-0.25, -0.2) is 8.42 Å². The van der Waals surface area contributed by atoms with Crippen molar-refractivity contribution in [2.75, 3.05) is 30.1 Å². The van der Waals surface area contributed by atoms with E-state index < -0.39 is 9.84 Å². The van der Waals surface area contributed by atoms with Crippen molar-refractivity contribution >= 4 is 32.9 Å². The molecule has 0 aliphatic carbocycles. The number of benzene rings is 1. The maximum absolute atomic E-state index is 12.0. The van der Waals surface area contributed by atoms with Crippen LogP contribution >= 0.6 is 12.2 Å². The van der Waals surface area contributed by atoms with E-state index >= 15 is 0 Å². The van der Waals surface area contributed by atoms with E-state index in [0.29, 0.717) is 17.4 Å². The number of likely N-dealkylation sites (N-methyl/N-ethyl adjacent to an activating group) is 1. The van der Waals surface area contributed by atoms with Crippen LogP contribution in [0.4, 0.5) is 5.69 Å². The predicted octanol–water partition coefficient (Wildman–Crippen LogP) is 1.29. The first-order valence-electron chi connectivity index (χ1n) is 6.91. The summed E-state index contributed by atoms with van der Waals surface area (Å²) in [5.74, 6) is 1.03. The summed E-state index contributed by atoms with van der Waals surface area (Å²) in [5.41, 5.74) is 0.841. The standard InChI is InChI=1S/C14H18N2O3S2/c1-3-15-11-8-21(17,18)9-12(11)16(14(15)20)10-6-4-5-7-13(10)19-2/h4-7,11-12H,3,8-9H2,1-2H3/t11-,12+/m1/s1. The molecule has 114 valence electrons. The fraction of sp³-hybridized carbons (Fsp3) is 0.500. The summed E-state index contributed by atoms with van der Waals surface area (Å²) in [6.45, 7) is 2.71. The summed E-state index contributed by atoms with van der Waals surface area (Å²) < 4.78 is 29.4. The molecule has 7 heteroatoms. The lowest BCUT2D eigenvalue weighted by atomic mass is 10.1. The SMILES string of the molecule is CCN1C(=S)N(c2ccccc2OC)[C@H]2CS(=O)(=O)C[C@H]21. The van der Waals surface area contributed by atoms with Crippen molar-refractivity contribution in [3.63, 3.8) is 0 Å². The summed E-state index contributed by atoms with van der Waals surface area (Å²) in [7, 11) is -1.41. The molecule has 3 rings (SSSR count). The van der Waals surface area contributed by atoms with Gasteiger partial charge < -0.3 is 14.5 Å². The molecule has 2 aliphatic rings. The third-order valence-corrected chi connectivity index (χ3v) is 6.29. The van der Waals surface area contributed by atoms with Crippen LogP contribution in [0.25, 0.3) is 0 Å². The van der Waals surface area contributed by atoms with E-state index in [1.165, 1.54) is 0 Å². The van der Waals surface area contributed by atoms with Crippen LogP contribution in [0, 0.1) is 0 Å². The molecule has 2 aliphatic heterocycles. The summed E-state index contributed by atoms with van der Waals surface area (Å²) in [6.07, 6.45) is 0. The number of methoxy groups -OCH3 is 1. The van der Waals surface area contributed by atoms with Crippen LogP contribution in [-0.2, 0) is 9.84 Å². The molecule has 2 saturated heterocycles. The number of hydrogen-bond acceptors (Lipinski definition) is 4. The number of hydrogen-bond donors (Lipinski definition) is 0. The number of sulfone groups is 1. The van der Waals surface area contributed by atoms with E-state index in [2.05, 4.69) is 0 Å². The first-order chi connectivity index (χ1) is 9.98. The van der Waals surface area contributed by atoms with Gasteiger partial charge in [-0.1, -0.05) is 12.1 Å². The van der Waals surface area contributed by atoms with E-state index in [9.17, 15) is 8.42 Å². The lowest BCUT2D eigenvalue weighted by Gasteiger charge is -2.26. The van der Waals surface area contributed by atoms with Gasteiger partial charge in [-0.05, 0) is 31.3 Å². The summed E-state index contributed by atoms with van der Waals surface area (Å²) >= 11 is 5.58. The molecule has 2 heterocycles. The molecule has 0 saturated carbocycles.